The van der Waals surface area contributed by atoms with Gasteiger partial charge in [0.2, 0.25) is 5.91 Å². The number of rotatable bonds is 5. The fourth-order valence-corrected chi connectivity index (χ4v) is 1.74. The lowest BCUT2D eigenvalue weighted by Gasteiger charge is -2.33. The molecule has 1 rings (SSSR count). The highest BCUT2D eigenvalue weighted by Gasteiger charge is 2.47. The Morgan fingerprint density at radius 1 is 1.29 bits per heavy atom. The molecule has 3 heteroatoms. The highest BCUT2D eigenvalue weighted by Crippen LogP contribution is 2.33. The molecular formula is C11H22N2O. The number of hydrogen-bond donors (Lipinski definition) is 2. The van der Waals surface area contributed by atoms with Crippen LogP contribution in [0.1, 0.15) is 52.9 Å². The number of carbonyl (C=O) groups excluding carboxylic acids is 1. The quantitative estimate of drug-likeness (QED) is 0.704. The van der Waals surface area contributed by atoms with E-state index < -0.39 is 5.54 Å². The molecule has 3 nitrogen and oxygen atoms in total. The van der Waals surface area contributed by atoms with Gasteiger partial charge in [-0.25, -0.2) is 0 Å². The average molecular weight is 198 g/mol. The van der Waals surface area contributed by atoms with Gasteiger partial charge in [0.15, 0.2) is 0 Å². The lowest BCUT2D eigenvalue weighted by atomic mass is 9.89. The van der Waals surface area contributed by atoms with Gasteiger partial charge in [-0.2, -0.15) is 0 Å². The van der Waals surface area contributed by atoms with Crippen LogP contribution in [0.4, 0.5) is 0 Å². The maximum absolute atomic E-state index is 11.8. The van der Waals surface area contributed by atoms with Gasteiger partial charge in [-0.15, -0.1) is 0 Å². The third-order valence-corrected chi connectivity index (χ3v) is 3.65. The Kier molecular flexibility index (Phi) is 3.20. The predicted molar refractivity (Wildman–Crippen MR) is 57.9 cm³/mol. The van der Waals surface area contributed by atoms with E-state index >= 15 is 0 Å². The molecule has 0 aromatic rings. The summed E-state index contributed by atoms with van der Waals surface area (Å²) >= 11 is 0. The Morgan fingerprint density at radius 3 is 2.00 bits per heavy atom. The molecule has 0 heterocycles. The Labute approximate surface area is 86.4 Å². The molecule has 3 N–H and O–H groups in total. The van der Waals surface area contributed by atoms with Gasteiger partial charge in [-0.05, 0) is 32.1 Å². The molecule has 1 fully saturated rings. The second kappa shape index (κ2) is 3.89. The smallest absolute Gasteiger partial charge is 0.240 e. The highest BCUT2D eigenvalue weighted by molar-refractivity contribution is 5.89. The summed E-state index contributed by atoms with van der Waals surface area (Å²) in [6.07, 6.45) is 4.60. The van der Waals surface area contributed by atoms with Crippen molar-refractivity contribution in [1.82, 2.24) is 5.32 Å². The van der Waals surface area contributed by atoms with E-state index in [0.29, 0.717) is 0 Å². The minimum Gasteiger partial charge on any atom is -0.349 e. The van der Waals surface area contributed by atoms with Crippen LogP contribution in [0.25, 0.3) is 0 Å². The van der Waals surface area contributed by atoms with Gasteiger partial charge in [-0.1, -0.05) is 20.8 Å². The molecule has 0 bridgehead atoms. The molecule has 0 aliphatic heterocycles. The lowest BCUT2D eigenvalue weighted by Crippen LogP contribution is -2.54. The van der Waals surface area contributed by atoms with Crippen molar-refractivity contribution in [3.8, 4) is 0 Å². The van der Waals surface area contributed by atoms with Gasteiger partial charge in [0.05, 0.1) is 5.54 Å². The SMILES string of the molecule is CCC(CC)(CC)NC(=O)C1(N)CC1. The molecule has 0 radical (unpaired) electrons. The third kappa shape index (κ3) is 2.08. The average Bonchev–Trinajstić information content (AvgIpc) is 2.94. The third-order valence-electron chi connectivity index (χ3n) is 3.65. The number of nitrogens with one attached hydrogen (secondary N) is 1. The summed E-state index contributed by atoms with van der Waals surface area (Å²) in [7, 11) is 0. The summed E-state index contributed by atoms with van der Waals surface area (Å²) in [6, 6.07) is 0. The minimum absolute atomic E-state index is 0.0357. The van der Waals surface area contributed by atoms with Gasteiger partial charge < -0.3 is 11.1 Å². The van der Waals surface area contributed by atoms with Gasteiger partial charge in [0.1, 0.15) is 0 Å². The van der Waals surface area contributed by atoms with E-state index in [0.717, 1.165) is 32.1 Å². The van der Waals surface area contributed by atoms with Crippen molar-refractivity contribution in [3.05, 3.63) is 0 Å². The maximum Gasteiger partial charge on any atom is 0.240 e. The van der Waals surface area contributed by atoms with Gasteiger partial charge in [0, 0.05) is 5.54 Å². The van der Waals surface area contributed by atoms with Crippen molar-refractivity contribution in [2.75, 3.05) is 0 Å². The van der Waals surface area contributed by atoms with Crippen LogP contribution >= 0.6 is 0 Å². The standard InChI is InChI=1S/C11H22N2O/c1-4-10(5-2,6-3)13-9(14)11(12)7-8-11/h4-8,12H2,1-3H3,(H,13,14). The van der Waals surface area contributed by atoms with E-state index in [1.165, 1.54) is 0 Å². The summed E-state index contributed by atoms with van der Waals surface area (Å²) < 4.78 is 0. The predicted octanol–water partition coefficient (Wildman–Crippen LogP) is 1.56. The molecule has 1 saturated carbocycles. The molecule has 0 unspecified atom stereocenters. The molecular weight excluding hydrogens is 176 g/mol. The van der Waals surface area contributed by atoms with Crippen molar-refractivity contribution in [2.45, 2.75) is 64.0 Å². The topological polar surface area (TPSA) is 55.1 Å². The molecule has 1 aliphatic rings. The lowest BCUT2D eigenvalue weighted by molar-refractivity contribution is -0.125. The summed E-state index contributed by atoms with van der Waals surface area (Å²) in [5, 5.41) is 3.12. The highest BCUT2D eigenvalue weighted by atomic mass is 16.2. The fraction of sp³-hybridized carbons (Fsp3) is 0.909. The van der Waals surface area contributed by atoms with Gasteiger partial charge >= 0.3 is 0 Å². The van der Waals surface area contributed by atoms with Crippen molar-refractivity contribution in [3.63, 3.8) is 0 Å². The normalized spacial score (nSPS) is 19.1. The van der Waals surface area contributed by atoms with Crippen LogP contribution in [0.5, 0.6) is 0 Å². The summed E-state index contributed by atoms with van der Waals surface area (Å²) in [5.41, 5.74) is 5.28. The van der Waals surface area contributed by atoms with E-state index in [1.807, 2.05) is 0 Å². The zero-order chi connectivity index (χ0) is 10.8. The van der Waals surface area contributed by atoms with Crippen LogP contribution in [0, 0.1) is 0 Å². The first kappa shape index (κ1) is 11.5. The second-order valence-corrected chi connectivity index (χ2v) is 4.45. The van der Waals surface area contributed by atoms with Crippen LogP contribution in [0.2, 0.25) is 0 Å². The Bertz CT molecular complexity index is 209. The number of hydrogen-bond acceptors (Lipinski definition) is 2. The molecule has 1 amide bonds. The number of carbonyl (C=O) groups is 1. The van der Waals surface area contributed by atoms with Crippen molar-refractivity contribution < 1.29 is 4.79 Å². The van der Waals surface area contributed by atoms with Crippen LogP contribution in [0.3, 0.4) is 0 Å². The van der Waals surface area contributed by atoms with Crippen LogP contribution in [-0.2, 0) is 4.79 Å². The Hall–Kier alpha value is -0.570. The first-order valence-corrected chi connectivity index (χ1v) is 5.63. The Balaban J connectivity index is 2.59. The van der Waals surface area contributed by atoms with Crippen molar-refractivity contribution in [2.24, 2.45) is 5.73 Å². The molecule has 0 atom stereocenters. The van der Waals surface area contributed by atoms with Gasteiger partial charge in [-0.3, -0.25) is 4.79 Å². The summed E-state index contributed by atoms with van der Waals surface area (Å²) in [4.78, 5) is 11.8. The first-order valence-electron chi connectivity index (χ1n) is 5.63. The first-order chi connectivity index (χ1) is 6.52. The van der Waals surface area contributed by atoms with Gasteiger partial charge in [0.25, 0.3) is 0 Å². The molecule has 0 spiro atoms. The van der Waals surface area contributed by atoms with Crippen molar-refractivity contribution in [1.29, 1.82) is 0 Å². The van der Waals surface area contributed by atoms with Crippen LogP contribution in [-0.4, -0.2) is 17.0 Å². The summed E-state index contributed by atoms with van der Waals surface area (Å²) in [6.45, 7) is 6.34. The zero-order valence-corrected chi connectivity index (χ0v) is 9.52. The van der Waals surface area contributed by atoms with E-state index in [4.69, 9.17) is 5.73 Å². The van der Waals surface area contributed by atoms with E-state index in [-0.39, 0.29) is 11.4 Å². The minimum atomic E-state index is -0.537. The number of amides is 1. The molecule has 1 aliphatic carbocycles. The molecule has 14 heavy (non-hydrogen) atoms. The largest absolute Gasteiger partial charge is 0.349 e. The molecule has 0 aromatic carbocycles. The molecule has 0 saturated heterocycles. The van der Waals surface area contributed by atoms with E-state index in [2.05, 4.69) is 26.1 Å². The molecule has 82 valence electrons. The maximum atomic E-state index is 11.8. The summed E-state index contributed by atoms with van der Waals surface area (Å²) in [5.74, 6) is 0.0445. The van der Waals surface area contributed by atoms with E-state index in [9.17, 15) is 4.79 Å². The van der Waals surface area contributed by atoms with Crippen LogP contribution < -0.4 is 11.1 Å². The number of nitrogens with two attached hydrogens (primary N) is 1. The fourth-order valence-electron chi connectivity index (χ4n) is 1.74. The van der Waals surface area contributed by atoms with Crippen molar-refractivity contribution >= 4 is 5.91 Å². The van der Waals surface area contributed by atoms with E-state index in [1.54, 1.807) is 0 Å². The monoisotopic (exact) mass is 198 g/mol. The zero-order valence-electron chi connectivity index (χ0n) is 9.52. The second-order valence-electron chi connectivity index (χ2n) is 4.45. The van der Waals surface area contributed by atoms with Crippen LogP contribution in [0.15, 0.2) is 0 Å². The molecule has 0 aromatic heterocycles. The Morgan fingerprint density at radius 2 is 1.71 bits per heavy atom.